The van der Waals surface area contributed by atoms with Gasteiger partial charge in [-0.15, -0.1) is 0 Å². The summed E-state index contributed by atoms with van der Waals surface area (Å²) in [7, 11) is 0. The Labute approximate surface area is 130 Å². The second-order valence-electron chi connectivity index (χ2n) is 5.70. The van der Waals surface area contributed by atoms with Crippen LogP contribution in [0.5, 0.6) is 0 Å². The number of aromatic nitrogens is 2. The molecule has 0 amide bonds. The maximum absolute atomic E-state index is 12.4. The van der Waals surface area contributed by atoms with Crippen molar-refractivity contribution in [3.63, 3.8) is 0 Å². The Hall–Kier alpha value is -2.15. The van der Waals surface area contributed by atoms with Crippen molar-refractivity contribution in [3.05, 3.63) is 53.9 Å². The number of Topliss-reactive ketones (excluding diaryl/α,β-unsaturated/α-hetero) is 1. The van der Waals surface area contributed by atoms with Crippen LogP contribution in [0.25, 0.3) is 0 Å². The zero-order chi connectivity index (χ0) is 16.6. The molecular formula is C16H15F3N2O2. The summed E-state index contributed by atoms with van der Waals surface area (Å²) in [5, 5.41) is 12.8. The van der Waals surface area contributed by atoms with Gasteiger partial charge >= 0.3 is 6.18 Å². The van der Waals surface area contributed by atoms with E-state index in [2.05, 4.69) is 5.10 Å². The maximum atomic E-state index is 12.4. The predicted molar refractivity (Wildman–Crippen MR) is 75.8 cm³/mol. The van der Waals surface area contributed by atoms with Gasteiger partial charge in [-0.3, -0.25) is 9.48 Å². The van der Waals surface area contributed by atoms with E-state index < -0.39 is 25.2 Å². The molecule has 3 rings (SSSR count). The van der Waals surface area contributed by atoms with Crippen LogP contribution in [0.3, 0.4) is 0 Å². The fourth-order valence-electron chi connectivity index (χ4n) is 3.14. The van der Waals surface area contributed by atoms with Gasteiger partial charge in [0.2, 0.25) is 0 Å². The highest BCUT2D eigenvalue weighted by Crippen LogP contribution is 2.60. The van der Waals surface area contributed by atoms with Crippen LogP contribution < -0.4 is 0 Å². The fraction of sp³-hybridized carbons (Fsp3) is 0.375. The standard InChI is InChI=1S/C16H15F3N2O2/c17-16(18,19)9-21-7-11(6-20-21)14-13(15(14)12(23)8-22)10-4-2-1-3-5-10/h1-7,13-15,22H,8-9H2/t13-,14-,15-/m1/s1. The van der Waals surface area contributed by atoms with Crippen molar-refractivity contribution in [2.24, 2.45) is 5.92 Å². The van der Waals surface area contributed by atoms with Crippen LogP contribution in [0, 0.1) is 5.92 Å². The molecule has 1 aliphatic carbocycles. The SMILES string of the molecule is O=C(CO)[C@@H]1[C@H](c2ccccc2)[C@H]1c1cnn(CC(F)(F)F)c1. The minimum absolute atomic E-state index is 0.126. The zero-order valence-electron chi connectivity index (χ0n) is 12.1. The maximum Gasteiger partial charge on any atom is 0.408 e. The third-order valence-electron chi connectivity index (χ3n) is 4.11. The van der Waals surface area contributed by atoms with Crippen LogP contribution in [-0.2, 0) is 11.3 Å². The molecular weight excluding hydrogens is 309 g/mol. The van der Waals surface area contributed by atoms with Crippen molar-refractivity contribution < 1.29 is 23.1 Å². The average Bonchev–Trinajstić information content (AvgIpc) is 3.10. The van der Waals surface area contributed by atoms with Gasteiger partial charge < -0.3 is 5.11 Å². The van der Waals surface area contributed by atoms with Crippen molar-refractivity contribution in [2.45, 2.75) is 24.6 Å². The van der Waals surface area contributed by atoms with Gasteiger partial charge in [0.15, 0.2) is 5.78 Å². The van der Waals surface area contributed by atoms with E-state index in [1.54, 1.807) is 0 Å². The van der Waals surface area contributed by atoms with Crippen LogP contribution >= 0.6 is 0 Å². The van der Waals surface area contributed by atoms with Gasteiger partial charge in [0.05, 0.1) is 6.20 Å². The van der Waals surface area contributed by atoms with Gasteiger partial charge in [0.1, 0.15) is 13.2 Å². The molecule has 4 nitrogen and oxygen atoms in total. The molecule has 2 aromatic rings. The average molecular weight is 324 g/mol. The molecule has 1 aromatic heterocycles. The van der Waals surface area contributed by atoms with E-state index in [1.807, 2.05) is 30.3 Å². The highest BCUT2D eigenvalue weighted by molar-refractivity contribution is 5.88. The minimum atomic E-state index is -4.34. The Morgan fingerprint density at radius 2 is 1.83 bits per heavy atom. The number of carbonyl (C=O) groups excluding carboxylic acids is 1. The molecule has 0 spiro atoms. The summed E-state index contributed by atoms with van der Waals surface area (Å²) in [6.45, 7) is -1.73. The highest BCUT2D eigenvalue weighted by Gasteiger charge is 2.55. The van der Waals surface area contributed by atoms with Crippen molar-refractivity contribution in [3.8, 4) is 0 Å². The first-order chi connectivity index (χ1) is 10.9. The smallest absolute Gasteiger partial charge is 0.389 e. The van der Waals surface area contributed by atoms with E-state index in [4.69, 9.17) is 5.11 Å². The summed E-state index contributed by atoms with van der Waals surface area (Å²) >= 11 is 0. The van der Waals surface area contributed by atoms with Crippen LogP contribution in [0.4, 0.5) is 13.2 Å². The molecule has 122 valence electrons. The van der Waals surface area contributed by atoms with Crippen molar-refractivity contribution in [1.29, 1.82) is 0 Å². The van der Waals surface area contributed by atoms with Gasteiger partial charge in [-0.05, 0) is 11.1 Å². The quantitative estimate of drug-likeness (QED) is 0.919. The summed E-state index contributed by atoms with van der Waals surface area (Å²) in [6.07, 6.45) is -1.64. The molecule has 1 heterocycles. The second-order valence-corrected chi connectivity index (χ2v) is 5.70. The lowest BCUT2D eigenvalue weighted by molar-refractivity contribution is -0.142. The molecule has 0 bridgehead atoms. The number of benzene rings is 1. The molecule has 7 heteroatoms. The van der Waals surface area contributed by atoms with Crippen molar-refractivity contribution in [2.75, 3.05) is 6.61 Å². The Morgan fingerprint density at radius 3 is 2.43 bits per heavy atom. The summed E-state index contributed by atoms with van der Waals surface area (Å²) in [5.41, 5.74) is 1.53. The van der Waals surface area contributed by atoms with Crippen LogP contribution in [0.1, 0.15) is 23.0 Å². The first kappa shape index (κ1) is 15.7. The van der Waals surface area contributed by atoms with E-state index in [0.29, 0.717) is 5.56 Å². The van der Waals surface area contributed by atoms with Gasteiger partial charge in [0.25, 0.3) is 0 Å². The molecule has 1 aliphatic rings. The van der Waals surface area contributed by atoms with E-state index in [9.17, 15) is 18.0 Å². The Balaban J connectivity index is 1.84. The lowest BCUT2D eigenvalue weighted by Crippen LogP contribution is -2.17. The first-order valence-corrected chi connectivity index (χ1v) is 7.18. The van der Waals surface area contributed by atoms with Crippen molar-refractivity contribution >= 4 is 5.78 Å². The zero-order valence-corrected chi connectivity index (χ0v) is 12.1. The molecule has 0 radical (unpaired) electrons. The topological polar surface area (TPSA) is 55.1 Å². The van der Waals surface area contributed by atoms with Gasteiger partial charge in [-0.25, -0.2) is 0 Å². The van der Waals surface area contributed by atoms with Gasteiger partial charge in [0, 0.05) is 24.0 Å². The Kier molecular flexibility index (Phi) is 3.97. The molecule has 1 fully saturated rings. The monoisotopic (exact) mass is 324 g/mol. The van der Waals surface area contributed by atoms with Gasteiger partial charge in [-0.1, -0.05) is 30.3 Å². The number of alkyl halides is 3. The number of hydrogen-bond donors (Lipinski definition) is 1. The highest BCUT2D eigenvalue weighted by atomic mass is 19.4. The predicted octanol–water partition coefficient (Wildman–Crippen LogP) is 2.50. The number of halogens is 3. The summed E-state index contributed by atoms with van der Waals surface area (Å²) in [6, 6.07) is 9.30. The molecule has 0 aliphatic heterocycles. The van der Waals surface area contributed by atoms with Crippen LogP contribution in [0.2, 0.25) is 0 Å². The molecule has 23 heavy (non-hydrogen) atoms. The number of carbonyl (C=O) groups is 1. The molecule has 1 aromatic carbocycles. The third kappa shape index (κ3) is 3.29. The summed E-state index contributed by atoms with van der Waals surface area (Å²) < 4.78 is 38.1. The number of nitrogens with zero attached hydrogens (tertiary/aromatic N) is 2. The largest absolute Gasteiger partial charge is 0.408 e. The molecule has 0 unspecified atom stereocenters. The van der Waals surface area contributed by atoms with E-state index in [1.165, 1.54) is 12.4 Å². The van der Waals surface area contributed by atoms with E-state index in [0.717, 1.165) is 10.2 Å². The van der Waals surface area contributed by atoms with E-state index in [-0.39, 0.29) is 17.6 Å². The van der Waals surface area contributed by atoms with Crippen LogP contribution in [0.15, 0.2) is 42.7 Å². The van der Waals surface area contributed by atoms with E-state index >= 15 is 0 Å². The fourth-order valence-corrected chi connectivity index (χ4v) is 3.14. The summed E-state index contributed by atoms with van der Waals surface area (Å²) in [5.74, 6) is -1.07. The number of aliphatic hydroxyl groups excluding tert-OH is 1. The molecule has 1 N–H and O–H groups in total. The first-order valence-electron chi connectivity index (χ1n) is 7.18. The Morgan fingerprint density at radius 1 is 1.17 bits per heavy atom. The second kappa shape index (κ2) is 5.81. The van der Waals surface area contributed by atoms with Gasteiger partial charge in [-0.2, -0.15) is 18.3 Å². The Bertz CT molecular complexity index is 697. The molecule has 3 atom stereocenters. The number of hydrogen-bond acceptors (Lipinski definition) is 3. The number of aliphatic hydroxyl groups is 1. The number of rotatable bonds is 5. The number of ketones is 1. The minimum Gasteiger partial charge on any atom is -0.389 e. The lowest BCUT2D eigenvalue weighted by Gasteiger charge is -2.05. The van der Waals surface area contributed by atoms with Crippen molar-refractivity contribution in [1.82, 2.24) is 9.78 Å². The third-order valence-corrected chi connectivity index (χ3v) is 4.11. The lowest BCUT2D eigenvalue weighted by atomic mass is 10.1. The molecule has 0 saturated heterocycles. The van der Waals surface area contributed by atoms with Crippen LogP contribution in [-0.4, -0.2) is 33.5 Å². The molecule has 1 saturated carbocycles. The summed E-state index contributed by atoms with van der Waals surface area (Å²) in [4.78, 5) is 11.9. The normalized spacial score (nSPS) is 23.7.